The Morgan fingerprint density at radius 1 is 0.361 bits per heavy atom. The van der Waals surface area contributed by atoms with Crippen molar-refractivity contribution in [2.45, 2.75) is 169 Å². The van der Waals surface area contributed by atoms with Crippen molar-refractivity contribution in [1.29, 1.82) is 0 Å². The van der Waals surface area contributed by atoms with Gasteiger partial charge in [0.15, 0.2) is 34.5 Å². The summed E-state index contributed by atoms with van der Waals surface area (Å²) in [6, 6.07) is 10.6. The lowest BCUT2D eigenvalue weighted by Gasteiger charge is -2.21. The molecule has 0 saturated heterocycles. The number of ether oxygens (including phenoxy) is 5. The fraction of sp³-hybridized carbons (Fsp3) is 0.633. The summed E-state index contributed by atoms with van der Waals surface area (Å²) in [5.41, 5.74) is -5.65. The number of halogens is 3. The zero-order valence-corrected chi connectivity index (χ0v) is 38.3. The summed E-state index contributed by atoms with van der Waals surface area (Å²) in [4.78, 5) is 0. The molecular weight excluding hydrogens is 806 g/mol. The van der Waals surface area contributed by atoms with Gasteiger partial charge in [0.2, 0.25) is 0 Å². The van der Waals surface area contributed by atoms with E-state index >= 15 is 0 Å². The first-order valence-corrected chi connectivity index (χ1v) is 24.6. The van der Waals surface area contributed by atoms with Gasteiger partial charge in [-0.3, -0.25) is 0 Å². The standard InChI is InChI=1S/C49H71F3O8S/c1-6-11-16-21-26-55-43-31-37-38-32-44(56-27-22-17-12-7-2)46(58-29-24-19-14-9-4)34-40(38)42-36-48(60-61(53,54)49(50,51)52)47(59-30-25-20-15-10-5)35-41(42)39(37)33-45(43)57-28-23-18-13-8-3/h31-36H,6-30H2,1-5H3. The Morgan fingerprint density at radius 3 is 0.787 bits per heavy atom. The van der Waals surface area contributed by atoms with Crippen LogP contribution in [-0.2, 0) is 10.1 Å². The number of alkyl halides is 3. The molecule has 8 nitrogen and oxygen atoms in total. The van der Waals surface area contributed by atoms with Crippen LogP contribution in [0.2, 0.25) is 0 Å². The molecule has 4 rings (SSSR count). The van der Waals surface area contributed by atoms with Crippen molar-refractivity contribution in [3.8, 4) is 34.5 Å². The molecule has 0 unspecified atom stereocenters. The molecule has 0 aromatic heterocycles. The molecule has 0 bridgehead atoms. The normalized spacial score (nSPS) is 12.1. The van der Waals surface area contributed by atoms with Crippen molar-refractivity contribution >= 4 is 42.4 Å². The molecule has 0 saturated carbocycles. The highest BCUT2D eigenvalue weighted by Crippen LogP contribution is 2.48. The third kappa shape index (κ3) is 14.9. The third-order valence-corrected chi connectivity index (χ3v) is 11.8. The summed E-state index contributed by atoms with van der Waals surface area (Å²) in [7, 11) is -6.03. The van der Waals surface area contributed by atoms with Crippen LogP contribution in [0.15, 0.2) is 36.4 Å². The van der Waals surface area contributed by atoms with E-state index in [9.17, 15) is 21.6 Å². The molecular formula is C49H71F3O8S. The summed E-state index contributed by atoms with van der Waals surface area (Å²) in [6.07, 6.45) is 19.7. The number of hydrogen-bond donors (Lipinski definition) is 0. The second-order valence-corrected chi connectivity index (χ2v) is 17.6. The molecule has 0 radical (unpaired) electrons. The van der Waals surface area contributed by atoms with Gasteiger partial charge in [-0.15, -0.1) is 0 Å². The quantitative estimate of drug-likeness (QED) is 0.0207. The molecule has 4 aromatic carbocycles. The molecule has 0 heterocycles. The molecule has 0 fully saturated rings. The van der Waals surface area contributed by atoms with E-state index in [2.05, 4.69) is 34.6 Å². The van der Waals surface area contributed by atoms with Crippen LogP contribution < -0.4 is 27.9 Å². The second kappa shape index (κ2) is 26.0. The number of rotatable bonds is 32. The van der Waals surface area contributed by atoms with Crippen molar-refractivity contribution in [2.24, 2.45) is 0 Å². The maximum Gasteiger partial charge on any atom is 0.534 e. The minimum Gasteiger partial charge on any atom is -0.490 e. The molecule has 0 aliphatic heterocycles. The maximum atomic E-state index is 13.9. The van der Waals surface area contributed by atoms with Crippen LogP contribution >= 0.6 is 0 Å². The van der Waals surface area contributed by atoms with Gasteiger partial charge in [0, 0.05) is 0 Å². The lowest BCUT2D eigenvalue weighted by Crippen LogP contribution is -2.28. The molecule has 0 amide bonds. The van der Waals surface area contributed by atoms with E-state index in [-0.39, 0.29) is 12.4 Å². The predicted octanol–water partition coefficient (Wildman–Crippen LogP) is 15.2. The van der Waals surface area contributed by atoms with Crippen LogP contribution in [0.1, 0.15) is 163 Å². The largest absolute Gasteiger partial charge is 0.534 e. The molecule has 0 atom stereocenters. The average Bonchev–Trinajstić information content (AvgIpc) is 3.23. The van der Waals surface area contributed by atoms with E-state index in [1.165, 1.54) is 6.07 Å². The second-order valence-electron chi connectivity index (χ2n) is 16.1. The van der Waals surface area contributed by atoms with Crippen LogP contribution in [0.4, 0.5) is 13.2 Å². The van der Waals surface area contributed by atoms with Gasteiger partial charge in [-0.1, -0.05) is 131 Å². The molecule has 0 aliphatic carbocycles. The molecule has 61 heavy (non-hydrogen) atoms. The smallest absolute Gasteiger partial charge is 0.490 e. The summed E-state index contributed by atoms with van der Waals surface area (Å²) >= 11 is 0. The Hall–Kier alpha value is -3.80. The van der Waals surface area contributed by atoms with E-state index in [0.717, 1.165) is 138 Å². The first-order chi connectivity index (χ1) is 29.5. The van der Waals surface area contributed by atoms with Crippen LogP contribution in [-0.4, -0.2) is 47.0 Å². The van der Waals surface area contributed by atoms with Crippen molar-refractivity contribution in [3.05, 3.63) is 36.4 Å². The van der Waals surface area contributed by atoms with Gasteiger partial charge in [-0.05, 0) is 101 Å². The minimum absolute atomic E-state index is 0.102. The van der Waals surface area contributed by atoms with Crippen LogP contribution in [0.5, 0.6) is 34.5 Å². The fourth-order valence-corrected chi connectivity index (χ4v) is 7.83. The van der Waals surface area contributed by atoms with Crippen molar-refractivity contribution in [2.75, 3.05) is 33.0 Å². The van der Waals surface area contributed by atoms with Crippen molar-refractivity contribution in [1.82, 2.24) is 0 Å². The summed E-state index contributed by atoms with van der Waals surface area (Å²) in [5.74, 6) is 1.57. The van der Waals surface area contributed by atoms with Crippen LogP contribution in [0, 0.1) is 0 Å². The maximum absolute atomic E-state index is 13.9. The summed E-state index contributed by atoms with van der Waals surface area (Å²) in [6.45, 7) is 12.8. The Bertz CT molecular complexity index is 1980. The number of hydrogen-bond acceptors (Lipinski definition) is 8. The fourth-order valence-electron chi connectivity index (χ4n) is 7.37. The van der Waals surface area contributed by atoms with E-state index in [0.29, 0.717) is 72.0 Å². The number of unbranched alkanes of at least 4 members (excludes halogenated alkanes) is 15. The Labute approximate surface area is 363 Å². The van der Waals surface area contributed by atoms with Crippen LogP contribution in [0.3, 0.4) is 0 Å². The molecule has 342 valence electrons. The van der Waals surface area contributed by atoms with E-state index in [4.69, 9.17) is 27.9 Å². The monoisotopic (exact) mass is 876 g/mol. The SMILES string of the molecule is CCCCCCOc1cc2c3cc(OCCCCCC)c(OCCCCCC)cc3c3cc(OS(=O)(=O)C(F)(F)F)c(OCCCCCC)cc3c2cc1OCCCCCC. The minimum atomic E-state index is -6.03. The lowest BCUT2D eigenvalue weighted by molar-refractivity contribution is -0.0500. The number of benzene rings is 4. The predicted molar refractivity (Wildman–Crippen MR) is 243 cm³/mol. The summed E-state index contributed by atoms with van der Waals surface area (Å²) < 4.78 is 104. The molecule has 0 aliphatic rings. The molecule has 0 N–H and O–H groups in total. The van der Waals surface area contributed by atoms with Crippen LogP contribution in [0.25, 0.3) is 32.3 Å². The van der Waals surface area contributed by atoms with Gasteiger partial charge >= 0.3 is 15.6 Å². The van der Waals surface area contributed by atoms with Gasteiger partial charge in [-0.25, -0.2) is 0 Å². The molecule has 0 spiro atoms. The zero-order chi connectivity index (χ0) is 44.1. The molecule has 12 heteroatoms. The highest BCUT2D eigenvalue weighted by Gasteiger charge is 2.49. The Kier molecular flexibility index (Phi) is 21.2. The first-order valence-electron chi connectivity index (χ1n) is 23.2. The van der Waals surface area contributed by atoms with Gasteiger partial charge in [0.05, 0.1) is 33.0 Å². The summed E-state index contributed by atoms with van der Waals surface area (Å²) in [5, 5.41) is 3.96. The average molecular weight is 877 g/mol. The van der Waals surface area contributed by atoms with E-state index in [1.54, 1.807) is 6.07 Å². The topological polar surface area (TPSA) is 89.5 Å². The van der Waals surface area contributed by atoms with E-state index in [1.807, 2.05) is 24.3 Å². The van der Waals surface area contributed by atoms with Crippen molar-refractivity contribution < 1.29 is 49.5 Å². The Morgan fingerprint density at radius 2 is 0.574 bits per heavy atom. The first kappa shape index (κ1) is 49.9. The van der Waals surface area contributed by atoms with Gasteiger partial charge in [0.25, 0.3) is 0 Å². The van der Waals surface area contributed by atoms with Gasteiger partial charge in [0.1, 0.15) is 0 Å². The third-order valence-electron chi connectivity index (χ3n) is 10.9. The highest BCUT2D eigenvalue weighted by molar-refractivity contribution is 7.88. The van der Waals surface area contributed by atoms with Gasteiger partial charge < -0.3 is 27.9 Å². The number of fused-ring (bicyclic) bond motifs is 6. The zero-order valence-electron chi connectivity index (χ0n) is 37.4. The lowest BCUT2D eigenvalue weighted by atomic mass is 9.93. The molecule has 4 aromatic rings. The van der Waals surface area contributed by atoms with Crippen molar-refractivity contribution in [3.63, 3.8) is 0 Å². The van der Waals surface area contributed by atoms with E-state index < -0.39 is 21.4 Å². The Balaban J connectivity index is 2.03. The van der Waals surface area contributed by atoms with Gasteiger partial charge in [-0.2, -0.15) is 21.6 Å². The highest BCUT2D eigenvalue weighted by atomic mass is 32.2.